The van der Waals surface area contributed by atoms with E-state index in [1.807, 2.05) is 6.26 Å². The first-order chi connectivity index (χ1) is 13.9. The number of carboxylic acids is 2. The van der Waals surface area contributed by atoms with Crippen LogP contribution in [0, 0.1) is 5.92 Å². The van der Waals surface area contributed by atoms with Crippen molar-refractivity contribution in [2.45, 2.75) is 64.2 Å². The van der Waals surface area contributed by atoms with Crippen molar-refractivity contribution in [1.82, 2.24) is 16.0 Å². The number of rotatable bonds is 14. The SMILES string of the molecule is CCC(C)C(NC(=O)C(CC(=O)O)NC(=O)C(CCSC)NC(=O)C(C)N)C(=O)O. The number of hydrogen-bond donors (Lipinski definition) is 6. The zero-order valence-electron chi connectivity index (χ0n) is 17.6. The maximum atomic E-state index is 12.6. The molecule has 0 saturated heterocycles. The molecule has 5 unspecified atom stereocenters. The fourth-order valence-corrected chi connectivity index (χ4v) is 2.87. The number of carbonyl (C=O) groups is 5. The van der Waals surface area contributed by atoms with Gasteiger partial charge in [-0.3, -0.25) is 19.2 Å². The second-order valence-corrected chi connectivity index (χ2v) is 7.99. The van der Waals surface area contributed by atoms with Crippen molar-refractivity contribution in [3.8, 4) is 0 Å². The molecule has 0 fully saturated rings. The molecule has 0 bridgehead atoms. The molecule has 5 atom stereocenters. The lowest BCUT2D eigenvalue weighted by Gasteiger charge is -2.25. The molecule has 0 aromatic heterocycles. The van der Waals surface area contributed by atoms with E-state index in [4.69, 9.17) is 10.8 Å². The Bertz CT molecular complexity index is 630. The number of carbonyl (C=O) groups excluding carboxylic acids is 3. The number of nitrogens with one attached hydrogen (secondary N) is 3. The molecule has 0 aromatic carbocycles. The topological polar surface area (TPSA) is 188 Å². The summed E-state index contributed by atoms with van der Waals surface area (Å²) in [6.07, 6.45) is 1.76. The Labute approximate surface area is 179 Å². The van der Waals surface area contributed by atoms with Crippen LogP contribution in [0.5, 0.6) is 0 Å². The number of hydrogen-bond acceptors (Lipinski definition) is 7. The lowest BCUT2D eigenvalue weighted by molar-refractivity contribution is -0.144. The van der Waals surface area contributed by atoms with E-state index in [1.54, 1.807) is 13.8 Å². The predicted molar refractivity (Wildman–Crippen MR) is 112 cm³/mol. The summed E-state index contributed by atoms with van der Waals surface area (Å²) in [5.74, 6) is -4.77. The van der Waals surface area contributed by atoms with Gasteiger partial charge in [-0.25, -0.2) is 4.79 Å². The average Bonchev–Trinajstić information content (AvgIpc) is 2.66. The molecule has 30 heavy (non-hydrogen) atoms. The van der Waals surface area contributed by atoms with E-state index < -0.39 is 66.2 Å². The maximum Gasteiger partial charge on any atom is 0.326 e. The lowest BCUT2D eigenvalue weighted by Crippen LogP contribution is -2.58. The van der Waals surface area contributed by atoms with Gasteiger partial charge in [0.15, 0.2) is 0 Å². The molecular formula is C18H32N4O7S. The number of thioether (sulfide) groups is 1. The second-order valence-electron chi connectivity index (χ2n) is 7.00. The Hall–Kier alpha value is -2.34. The minimum atomic E-state index is -1.51. The summed E-state index contributed by atoms with van der Waals surface area (Å²) < 4.78 is 0. The highest BCUT2D eigenvalue weighted by Crippen LogP contribution is 2.09. The van der Waals surface area contributed by atoms with Gasteiger partial charge in [0, 0.05) is 0 Å². The van der Waals surface area contributed by atoms with E-state index in [0.717, 1.165) is 0 Å². The fourth-order valence-electron chi connectivity index (χ4n) is 2.40. The van der Waals surface area contributed by atoms with Gasteiger partial charge in [-0.15, -0.1) is 0 Å². The number of aliphatic carboxylic acids is 2. The van der Waals surface area contributed by atoms with E-state index in [-0.39, 0.29) is 6.42 Å². The molecule has 0 aliphatic carbocycles. The summed E-state index contributed by atoms with van der Waals surface area (Å²) in [5.41, 5.74) is 5.51. The Kier molecular flexibility index (Phi) is 12.7. The third-order valence-corrected chi connectivity index (χ3v) is 5.09. The minimum Gasteiger partial charge on any atom is -0.481 e. The van der Waals surface area contributed by atoms with Gasteiger partial charge in [-0.2, -0.15) is 11.8 Å². The van der Waals surface area contributed by atoms with Crippen molar-refractivity contribution in [2.24, 2.45) is 11.7 Å². The number of amides is 3. The van der Waals surface area contributed by atoms with E-state index in [2.05, 4.69) is 16.0 Å². The van der Waals surface area contributed by atoms with Crippen LogP contribution < -0.4 is 21.7 Å². The molecule has 3 amide bonds. The normalized spacial score (nSPS) is 15.8. The lowest BCUT2D eigenvalue weighted by atomic mass is 9.98. The van der Waals surface area contributed by atoms with Gasteiger partial charge in [0.2, 0.25) is 17.7 Å². The first-order valence-electron chi connectivity index (χ1n) is 9.54. The Morgan fingerprint density at radius 3 is 1.90 bits per heavy atom. The monoisotopic (exact) mass is 448 g/mol. The van der Waals surface area contributed by atoms with Crippen molar-refractivity contribution in [1.29, 1.82) is 0 Å². The zero-order chi connectivity index (χ0) is 23.4. The molecule has 11 nitrogen and oxygen atoms in total. The van der Waals surface area contributed by atoms with Gasteiger partial charge in [0.25, 0.3) is 0 Å². The Morgan fingerprint density at radius 2 is 1.47 bits per heavy atom. The predicted octanol–water partition coefficient (Wildman–Crippen LogP) is -0.853. The van der Waals surface area contributed by atoms with Crippen LogP contribution in [0.2, 0.25) is 0 Å². The van der Waals surface area contributed by atoms with Crippen LogP contribution >= 0.6 is 11.8 Å². The molecule has 172 valence electrons. The summed E-state index contributed by atoms with van der Waals surface area (Å²) >= 11 is 1.43. The van der Waals surface area contributed by atoms with Crippen LogP contribution in [-0.4, -0.2) is 76.0 Å². The van der Waals surface area contributed by atoms with Crippen molar-refractivity contribution in [3.63, 3.8) is 0 Å². The minimum absolute atomic E-state index is 0.234. The first-order valence-corrected chi connectivity index (χ1v) is 10.9. The van der Waals surface area contributed by atoms with Crippen molar-refractivity contribution < 1.29 is 34.2 Å². The standard InChI is InChI=1S/C18H32N4O7S/c1-5-9(2)14(18(28)29)22-17(27)12(8-13(23)24)21-16(26)11(6-7-30-4)20-15(25)10(3)19/h9-12,14H,5-8,19H2,1-4H3,(H,20,25)(H,21,26)(H,22,27)(H,23,24)(H,28,29). The van der Waals surface area contributed by atoms with Crippen LogP contribution in [0.1, 0.15) is 40.0 Å². The molecule has 0 saturated carbocycles. The van der Waals surface area contributed by atoms with Gasteiger partial charge in [-0.1, -0.05) is 20.3 Å². The Morgan fingerprint density at radius 1 is 0.933 bits per heavy atom. The molecule has 12 heteroatoms. The zero-order valence-corrected chi connectivity index (χ0v) is 18.5. The molecule has 0 radical (unpaired) electrons. The molecule has 0 aliphatic rings. The average molecular weight is 449 g/mol. The molecule has 0 rings (SSSR count). The first kappa shape index (κ1) is 27.7. The third-order valence-electron chi connectivity index (χ3n) is 4.45. The van der Waals surface area contributed by atoms with E-state index in [9.17, 15) is 29.1 Å². The van der Waals surface area contributed by atoms with Crippen LogP contribution in [0.15, 0.2) is 0 Å². The van der Waals surface area contributed by atoms with Gasteiger partial charge < -0.3 is 31.9 Å². The van der Waals surface area contributed by atoms with E-state index in [1.165, 1.54) is 18.7 Å². The van der Waals surface area contributed by atoms with Crippen molar-refractivity contribution >= 4 is 41.4 Å². The summed E-state index contributed by atoms with van der Waals surface area (Å²) in [5, 5.41) is 25.5. The molecule has 0 spiro atoms. The van der Waals surface area contributed by atoms with Crippen molar-refractivity contribution in [3.05, 3.63) is 0 Å². The summed E-state index contributed by atoms with van der Waals surface area (Å²) in [6, 6.07) is -4.63. The van der Waals surface area contributed by atoms with Crippen LogP contribution in [-0.2, 0) is 24.0 Å². The highest BCUT2D eigenvalue weighted by molar-refractivity contribution is 7.98. The Balaban J connectivity index is 5.45. The summed E-state index contributed by atoms with van der Waals surface area (Å²) in [4.78, 5) is 59.7. The summed E-state index contributed by atoms with van der Waals surface area (Å²) in [6.45, 7) is 4.83. The van der Waals surface area contributed by atoms with Crippen molar-refractivity contribution in [2.75, 3.05) is 12.0 Å². The van der Waals surface area contributed by atoms with Crippen LogP contribution in [0.25, 0.3) is 0 Å². The second kappa shape index (κ2) is 13.8. The fraction of sp³-hybridized carbons (Fsp3) is 0.722. The quantitative estimate of drug-likeness (QED) is 0.197. The highest BCUT2D eigenvalue weighted by Gasteiger charge is 2.32. The van der Waals surface area contributed by atoms with E-state index >= 15 is 0 Å². The van der Waals surface area contributed by atoms with Crippen LogP contribution in [0.4, 0.5) is 0 Å². The van der Waals surface area contributed by atoms with Gasteiger partial charge >= 0.3 is 11.9 Å². The van der Waals surface area contributed by atoms with Crippen LogP contribution in [0.3, 0.4) is 0 Å². The molecule has 0 aromatic rings. The summed E-state index contributed by atoms with van der Waals surface area (Å²) in [7, 11) is 0. The van der Waals surface area contributed by atoms with Gasteiger partial charge in [0.1, 0.15) is 18.1 Å². The highest BCUT2D eigenvalue weighted by atomic mass is 32.2. The van der Waals surface area contributed by atoms with E-state index in [0.29, 0.717) is 12.2 Å². The van der Waals surface area contributed by atoms with Gasteiger partial charge in [0.05, 0.1) is 12.5 Å². The number of carboxylic acid groups (broad SMARTS) is 2. The van der Waals surface area contributed by atoms with Gasteiger partial charge in [-0.05, 0) is 31.3 Å². The third kappa shape index (κ3) is 9.92. The molecule has 0 aliphatic heterocycles. The molecule has 0 heterocycles. The largest absolute Gasteiger partial charge is 0.481 e. The number of nitrogens with two attached hydrogens (primary N) is 1. The molecule has 7 N–H and O–H groups in total. The molecular weight excluding hydrogens is 416 g/mol. The maximum absolute atomic E-state index is 12.6. The smallest absolute Gasteiger partial charge is 0.326 e.